The summed E-state index contributed by atoms with van der Waals surface area (Å²) in [5, 5.41) is 0. The number of carbonyl (C=O) groups is 1. The first-order valence-electron chi connectivity index (χ1n) is 6.83. The molecular weight excluding hydrogens is 240 g/mol. The third-order valence-electron chi connectivity index (χ3n) is 4.49. The Labute approximate surface area is 113 Å². The van der Waals surface area contributed by atoms with Crippen LogP contribution in [0.4, 0.5) is 4.79 Å². The van der Waals surface area contributed by atoms with Gasteiger partial charge in [0, 0.05) is 18.6 Å². The van der Waals surface area contributed by atoms with Crippen molar-refractivity contribution >= 4 is 6.09 Å². The van der Waals surface area contributed by atoms with Gasteiger partial charge in [0.2, 0.25) is 0 Å². The molecule has 1 saturated carbocycles. The molecule has 3 rings (SSSR count). The van der Waals surface area contributed by atoms with Gasteiger partial charge >= 0.3 is 6.09 Å². The first-order valence-corrected chi connectivity index (χ1v) is 6.83. The minimum atomic E-state index is -0.240. The van der Waals surface area contributed by atoms with E-state index in [2.05, 4.69) is 6.92 Å². The Balaban J connectivity index is 1.55. The van der Waals surface area contributed by atoms with Crippen LogP contribution < -0.4 is 5.73 Å². The fourth-order valence-electron chi connectivity index (χ4n) is 3.45. The third kappa shape index (κ3) is 2.21. The SMILES string of the molecule is C[C@H]1C[C@@]2(N)CN(C(=O)OCc3ccccc3)C[C@@H]12. The van der Waals surface area contributed by atoms with Crippen molar-refractivity contribution < 1.29 is 9.53 Å². The van der Waals surface area contributed by atoms with Crippen molar-refractivity contribution in [3.63, 3.8) is 0 Å². The molecule has 4 nitrogen and oxygen atoms in total. The van der Waals surface area contributed by atoms with Crippen LogP contribution in [0.1, 0.15) is 18.9 Å². The molecule has 3 atom stereocenters. The maximum absolute atomic E-state index is 12.0. The van der Waals surface area contributed by atoms with E-state index in [1.165, 1.54) is 0 Å². The second kappa shape index (κ2) is 4.53. The zero-order chi connectivity index (χ0) is 13.5. The van der Waals surface area contributed by atoms with E-state index in [9.17, 15) is 4.79 Å². The second-order valence-electron chi connectivity index (χ2n) is 5.94. The number of benzene rings is 1. The van der Waals surface area contributed by atoms with Crippen LogP contribution in [0.3, 0.4) is 0 Å². The monoisotopic (exact) mass is 260 g/mol. The summed E-state index contributed by atoms with van der Waals surface area (Å²) in [7, 11) is 0. The molecule has 2 aliphatic rings. The molecule has 102 valence electrons. The van der Waals surface area contributed by atoms with Gasteiger partial charge in [-0.05, 0) is 23.8 Å². The zero-order valence-electron chi connectivity index (χ0n) is 11.2. The Morgan fingerprint density at radius 2 is 2.21 bits per heavy atom. The van der Waals surface area contributed by atoms with Crippen LogP contribution in [0, 0.1) is 11.8 Å². The second-order valence-corrected chi connectivity index (χ2v) is 5.94. The molecular formula is C15H20N2O2. The van der Waals surface area contributed by atoms with Crippen molar-refractivity contribution in [1.82, 2.24) is 4.90 Å². The average Bonchev–Trinajstić information content (AvgIpc) is 2.69. The molecule has 0 spiro atoms. The van der Waals surface area contributed by atoms with Crippen molar-refractivity contribution in [2.45, 2.75) is 25.5 Å². The van der Waals surface area contributed by atoms with Gasteiger partial charge in [0.25, 0.3) is 0 Å². The van der Waals surface area contributed by atoms with E-state index in [0.717, 1.165) is 18.5 Å². The number of ether oxygens (including phenoxy) is 1. The van der Waals surface area contributed by atoms with Crippen LogP contribution in [0.15, 0.2) is 30.3 Å². The lowest BCUT2D eigenvalue weighted by Gasteiger charge is -2.46. The molecule has 1 aliphatic carbocycles. The Kier molecular flexibility index (Phi) is 2.97. The Hall–Kier alpha value is -1.55. The van der Waals surface area contributed by atoms with Gasteiger partial charge in [-0.25, -0.2) is 4.79 Å². The molecule has 1 aromatic carbocycles. The van der Waals surface area contributed by atoms with E-state index in [1.54, 1.807) is 4.90 Å². The highest BCUT2D eigenvalue weighted by Gasteiger charge is 2.55. The van der Waals surface area contributed by atoms with Crippen molar-refractivity contribution in [3.8, 4) is 0 Å². The molecule has 2 fully saturated rings. The highest BCUT2D eigenvalue weighted by Crippen LogP contribution is 2.47. The number of amides is 1. The van der Waals surface area contributed by atoms with E-state index in [-0.39, 0.29) is 11.6 Å². The summed E-state index contributed by atoms with van der Waals surface area (Å²) in [6.45, 7) is 3.91. The number of hydrogen-bond donors (Lipinski definition) is 1. The number of rotatable bonds is 2. The molecule has 4 heteroatoms. The average molecular weight is 260 g/mol. The largest absolute Gasteiger partial charge is 0.445 e. The van der Waals surface area contributed by atoms with Crippen LogP contribution in [-0.4, -0.2) is 29.6 Å². The standard InChI is InChI=1S/C15H20N2O2/c1-11-7-15(16)10-17(8-13(11)15)14(18)19-9-12-5-3-2-4-6-12/h2-6,11,13H,7-10,16H2,1H3/t11-,13-,15+/m0/s1. The van der Waals surface area contributed by atoms with Crippen LogP contribution in [-0.2, 0) is 11.3 Å². The number of hydrogen-bond acceptors (Lipinski definition) is 3. The van der Waals surface area contributed by atoms with Gasteiger partial charge in [-0.3, -0.25) is 0 Å². The molecule has 1 aromatic rings. The van der Waals surface area contributed by atoms with Crippen LogP contribution >= 0.6 is 0 Å². The quantitative estimate of drug-likeness (QED) is 0.884. The summed E-state index contributed by atoms with van der Waals surface area (Å²) in [5.74, 6) is 1.06. The van der Waals surface area contributed by atoms with E-state index in [4.69, 9.17) is 10.5 Å². The van der Waals surface area contributed by atoms with E-state index >= 15 is 0 Å². The van der Waals surface area contributed by atoms with Gasteiger partial charge in [-0.15, -0.1) is 0 Å². The maximum atomic E-state index is 12.0. The minimum absolute atomic E-state index is 0.162. The van der Waals surface area contributed by atoms with Gasteiger partial charge in [-0.1, -0.05) is 37.3 Å². The summed E-state index contributed by atoms with van der Waals surface area (Å²) < 4.78 is 5.35. The summed E-state index contributed by atoms with van der Waals surface area (Å²) in [4.78, 5) is 13.8. The topological polar surface area (TPSA) is 55.6 Å². The van der Waals surface area contributed by atoms with Gasteiger partial charge in [0.15, 0.2) is 0 Å². The van der Waals surface area contributed by atoms with Crippen molar-refractivity contribution in [1.29, 1.82) is 0 Å². The predicted molar refractivity (Wildman–Crippen MR) is 72.4 cm³/mol. The summed E-state index contributed by atoms with van der Waals surface area (Å²) in [6, 6.07) is 9.73. The molecule has 0 radical (unpaired) electrons. The Morgan fingerprint density at radius 3 is 2.84 bits per heavy atom. The number of nitrogens with two attached hydrogens (primary N) is 1. The predicted octanol–water partition coefficient (Wildman–Crippen LogP) is 1.99. The summed E-state index contributed by atoms with van der Waals surface area (Å²) >= 11 is 0. The van der Waals surface area contributed by atoms with Crippen molar-refractivity contribution in [2.75, 3.05) is 13.1 Å². The number of likely N-dealkylation sites (tertiary alicyclic amines) is 1. The fourth-order valence-corrected chi connectivity index (χ4v) is 3.45. The molecule has 0 unspecified atom stereocenters. The van der Waals surface area contributed by atoms with E-state index in [1.807, 2.05) is 30.3 Å². The molecule has 1 aliphatic heterocycles. The zero-order valence-corrected chi connectivity index (χ0v) is 11.2. The highest BCUT2D eigenvalue weighted by atomic mass is 16.6. The van der Waals surface area contributed by atoms with Gasteiger partial charge in [-0.2, -0.15) is 0 Å². The van der Waals surface area contributed by atoms with Crippen LogP contribution in [0.2, 0.25) is 0 Å². The first kappa shape index (κ1) is 12.5. The van der Waals surface area contributed by atoms with Crippen LogP contribution in [0.25, 0.3) is 0 Å². The molecule has 0 bridgehead atoms. The lowest BCUT2D eigenvalue weighted by Crippen LogP contribution is -2.59. The summed E-state index contributed by atoms with van der Waals surface area (Å²) in [5.41, 5.74) is 7.13. The fraction of sp³-hybridized carbons (Fsp3) is 0.533. The first-order chi connectivity index (χ1) is 9.08. The van der Waals surface area contributed by atoms with Crippen molar-refractivity contribution in [3.05, 3.63) is 35.9 Å². The highest BCUT2D eigenvalue weighted by molar-refractivity contribution is 5.68. The normalized spacial score (nSPS) is 32.6. The lowest BCUT2D eigenvalue weighted by atomic mass is 9.62. The maximum Gasteiger partial charge on any atom is 0.410 e. The number of nitrogens with zero attached hydrogens (tertiary/aromatic N) is 1. The van der Waals surface area contributed by atoms with Gasteiger partial charge in [0.1, 0.15) is 6.61 Å². The lowest BCUT2D eigenvalue weighted by molar-refractivity contribution is 0.100. The molecule has 1 amide bonds. The third-order valence-corrected chi connectivity index (χ3v) is 4.49. The molecule has 2 N–H and O–H groups in total. The Bertz CT molecular complexity index is 476. The van der Waals surface area contributed by atoms with E-state index in [0.29, 0.717) is 25.0 Å². The van der Waals surface area contributed by atoms with Gasteiger partial charge in [0.05, 0.1) is 0 Å². The van der Waals surface area contributed by atoms with Crippen LogP contribution in [0.5, 0.6) is 0 Å². The van der Waals surface area contributed by atoms with E-state index < -0.39 is 0 Å². The van der Waals surface area contributed by atoms with Crippen molar-refractivity contribution in [2.24, 2.45) is 17.6 Å². The molecule has 1 saturated heterocycles. The minimum Gasteiger partial charge on any atom is -0.445 e. The van der Waals surface area contributed by atoms with Gasteiger partial charge < -0.3 is 15.4 Å². The number of carbonyl (C=O) groups excluding carboxylic acids is 1. The number of fused-ring (bicyclic) bond motifs is 1. The molecule has 19 heavy (non-hydrogen) atoms. The smallest absolute Gasteiger partial charge is 0.410 e. The molecule has 1 heterocycles. The molecule has 0 aromatic heterocycles. The summed E-state index contributed by atoms with van der Waals surface area (Å²) in [6.07, 6.45) is 0.774. The Morgan fingerprint density at radius 1 is 1.47 bits per heavy atom.